The number of carbonyl (C=O) groups excluding carboxylic acids is 2. The molecule has 17 heavy (non-hydrogen) atoms. The summed E-state index contributed by atoms with van der Waals surface area (Å²) < 4.78 is 0. The molecule has 0 bridgehead atoms. The number of carbonyl (C=O) groups is 2. The number of hydrogen-bond donors (Lipinski definition) is 1. The van der Waals surface area contributed by atoms with Gasteiger partial charge >= 0.3 is 0 Å². The van der Waals surface area contributed by atoms with E-state index in [-0.39, 0.29) is 11.8 Å². The fraction of sp³-hybridized carbons (Fsp3) is 0.833. The van der Waals surface area contributed by atoms with Gasteiger partial charge in [0.1, 0.15) is 0 Å². The van der Waals surface area contributed by atoms with Gasteiger partial charge in [0.15, 0.2) is 0 Å². The van der Waals surface area contributed by atoms with E-state index < -0.39 is 0 Å². The Morgan fingerprint density at radius 1 is 1.12 bits per heavy atom. The first kappa shape index (κ1) is 14.0. The van der Waals surface area contributed by atoms with Crippen LogP contribution < -0.4 is 5.32 Å². The standard InChI is InChI=1S/C12H23N3O2/c1-3-4-11(16)13-6-5-12(17)15-9-7-14(2)8-10-15/h3-10H2,1-2H3,(H,13,16). The molecule has 1 fully saturated rings. The molecule has 2 amide bonds. The zero-order valence-corrected chi connectivity index (χ0v) is 10.9. The van der Waals surface area contributed by atoms with Crippen LogP contribution in [0, 0.1) is 0 Å². The lowest BCUT2D eigenvalue weighted by Gasteiger charge is -2.32. The van der Waals surface area contributed by atoms with Gasteiger partial charge in [0.25, 0.3) is 0 Å². The fourth-order valence-corrected chi connectivity index (χ4v) is 1.84. The minimum atomic E-state index is 0.0404. The Labute approximate surface area is 103 Å². The molecule has 0 aromatic rings. The van der Waals surface area contributed by atoms with Crippen molar-refractivity contribution >= 4 is 11.8 Å². The summed E-state index contributed by atoms with van der Waals surface area (Å²) in [6.07, 6.45) is 1.81. The van der Waals surface area contributed by atoms with Crippen molar-refractivity contribution in [3.8, 4) is 0 Å². The van der Waals surface area contributed by atoms with Crippen molar-refractivity contribution in [2.75, 3.05) is 39.8 Å². The lowest BCUT2D eigenvalue weighted by atomic mass is 10.2. The predicted molar refractivity (Wildman–Crippen MR) is 66.6 cm³/mol. The second-order valence-corrected chi connectivity index (χ2v) is 4.53. The molecule has 0 spiro atoms. The maximum atomic E-state index is 11.8. The molecule has 1 aliphatic heterocycles. The van der Waals surface area contributed by atoms with E-state index in [2.05, 4.69) is 17.3 Å². The number of piperazine rings is 1. The molecule has 0 radical (unpaired) electrons. The summed E-state index contributed by atoms with van der Waals surface area (Å²) >= 11 is 0. The Balaban J connectivity index is 2.14. The van der Waals surface area contributed by atoms with Gasteiger partial charge in [-0.3, -0.25) is 9.59 Å². The number of nitrogens with one attached hydrogen (secondary N) is 1. The second-order valence-electron chi connectivity index (χ2n) is 4.53. The number of likely N-dealkylation sites (N-methyl/N-ethyl adjacent to an activating group) is 1. The molecule has 0 aromatic heterocycles. The zero-order valence-electron chi connectivity index (χ0n) is 10.9. The molecule has 98 valence electrons. The average Bonchev–Trinajstić information content (AvgIpc) is 2.30. The maximum absolute atomic E-state index is 11.8. The molecule has 0 saturated carbocycles. The molecule has 0 aliphatic carbocycles. The molecule has 0 atom stereocenters. The Bertz CT molecular complexity index is 260. The highest BCUT2D eigenvalue weighted by Gasteiger charge is 2.18. The number of rotatable bonds is 5. The average molecular weight is 241 g/mol. The molecular formula is C12H23N3O2. The van der Waals surface area contributed by atoms with Crippen molar-refractivity contribution in [1.29, 1.82) is 0 Å². The Kier molecular flexibility index (Phi) is 5.97. The molecule has 1 saturated heterocycles. The number of nitrogens with zero attached hydrogens (tertiary/aromatic N) is 2. The maximum Gasteiger partial charge on any atom is 0.224 e. The molecular weight excluding hydrogens is 218 g/mol. The van der Waals surface area contributed by atoms with Crippen molar-refractivity contribution < 1.29 is 9.59 Å². The van der Waals surface area contributed by atoms with E-state index in [0.29, 0.717) is 19.4 Å². The van der Waals surface area contributed by atoms with Gasteiger partial charge in [-0.2, -0.15) is 0 Å². The molecule has 0 unspecified atom stereocenters. The molecule has 1 rings (SSSR count). The van der Waals surface area contributed by atoms with Gasteiger partial charge in [0, 0.05) is 45.6 Å². The van der Waals surface area contributed by atoms with Crippen LogP contribution >= 0.6 is 0 Å². The van der Waals surface area contributed by atoms with Crippen LogP contribution in [0.3, 0.4) is 0 Å². The Morgan fingerprint density at radius 3 is 2.35 bits per heavy atom. The van der Waals surface area contributed by atoms with Crippen LogP contribution in [0.1, 0.15) is 26.2 Å². The first-order valence-electron chi connectivity index (χ1n) is 6.36. The smallest absolute Gasteiger partial charge is 0.224 e. The van der Waals surface area contributed by atoms with Crippen molar-refractivity contribution in [3.05, 3.63) is 0 Å². The van der Waals surface area contributed by atoms with Crippen LogP contribution in [0.4, 0.5) is 0 Å². The third-order valence-corrected chi connectivity index (χ3v) is 2.99. The van der Waals surface area contributed by atoms with Crippen molar-refractivity contribution in [2.45, 2.75) is 26.2 Å². The predicted octanol–water partition coefficient (Wildman–Crippen LogP) is 0.0668. The van der Waals surface area contributed by atoms with E-state index >= 15 is 0 Å². The largest absolute Gasteiger partial charge is 0.356 e. The SMILES string of the molecule is CCCC(=O)NCCC(=O)N1CCN(C)CC1. The number of amides is 2. The Hall–Kier alpha value is -1.10. The van der Waals surface area contributed by atoms with Crippen LogP contribution in [0.2, 0.25) is 0 Å². The lowest BCUT2D eigenvalue weighted by molar-refractivity contribution is -0.132. The van der Waals surface area contributed by atoms with Crippen LogP contribution in [-0.4, -0.2) is 61.4 Å². The summed E-state index contributed by atoms with van der Waals surface area (Å²) in [7, 11) is 2.06. The summed E-state index contributed by atoms with van der Waals surface area (Å²) in [6.45, 7) is 5.91. The van der Waals surface area contributed by atoms with Gasteiger partial charge in [-0.05, 0) is 13.5 Å². The Morgan fingerprint density at radius 2 is 1.76 bits per heavy atom. The summed E-state index contributed by atoms with van der Waals surface area (Å²) in [4.78, 5) is 27.1. The highest BCUT2D eigenvalue weighted by atomic mass is 16.2. The normalized spacial score (nSPS) is 16.9. The van der Waals surface area contributed by atoms with E-state index in [9.17, 15) is 9.59 Å². The monoisotopic (exact) mass is 241 g/mol. The van der Waals surface area contributed by atoms with Crippen molar-refractivity contribution in [3.63, 3.8) is 0 Å². The summed E-state index contributed by atoms with van der Waals surface area (Å²) in [5.74, 6) is 0.188. The minimum absolute atomic E-state index is 0.0404. The van der Waals surface area contributed by atoms with Crippen molar-refractivity contribution in [2.24, 2.45) is 0 Å². The quantitative estimate of drug-likeness (QED) is 0.741. The summed E-state index contributed by atoms with van der Waals surface area (Å²) in [6, 6.07) is 0. The van der Waals surface area contributed by atoms with Crippen LogP contribution in [0.15, 0.2) is 0 Å². The van der Waals surface area contributed by atoms with Gasteiger partial charge in [-0.15, -0.1) is 0 Å². The molecule has 5 heteroatoms. The van der Waals surface area contributed by atoms with Crippen LogP contribution in [0.5, 0.6) is 0 Å². The van der Waals surface area contributed by atoms with E-state index in [1.54, 1.807) is 0 Å². The van der Waals surface area contributed by atoms with E-state index in [1.165, 1.54) is 0 Å². The van der Waals surface area contributed by atoms with Crippen LogP contribution in [-0.2, 0) is 9.59 Å². The van der Waals surface area contributed by atoms with Gasteiger partial charge in [0.05, 0.1) is 0 Å². The second kappa shape index (κ2) is 7.27. The van der Waals surface area contributed by atoms with Crippen molar-refractivity contribution in [1.82, 2.24) is 15.1 Å². The topological polar surface area (TPSA) is 52.7 Å². The molecule has 0 aromatic carbocycles. The van der Waals surface area contributed by atoms with E-state index in [0.717, 1.165) is 32.6 Å². The minimum Gasteiger partial charge on any atom is -0.356 e. The highest BCUT2D eigenvalue weighted by Crippen LogP contribution is 2.01. The van der Waals surface area contributed by atoms with E-state index in [4.69, 9.17) is 0 Å². The third kappa shape index (κ3) is 5.17. The molecule has 1 heterocycles. The molecule has 1 aliphatic rings. The zero-order chi connectivity index (χ0) is 12.7. The lowest BCUT2D eigenvalue weighted by Crippen LogP contribution is -2.47. The summed E-state index contributed by atoms with van der Waals surface area (Å²) in [5.41, 5.74) is 0. The highest BCUT2D eigenvalue weighted by molar-refractivity contribution is 5.79. The van der Waals surface area contributed by atoms with Gasteiger partial charge in [-0.25, -0.2) is 0 Å². The fourth-order valence-electron chi connectivity index (χ4n) is 1.84. The first-order valence-corrected chi connectivity index (χ1v) is 6.36. The summed E-state index contributed by atoms with van der Waals surface area (Å²) in [5, 5.41) is 2.77. The van der Waals surface area contributed by atoms with Gasteiger partial charge in [-0.1, -0.05) is 6.92 Å². The van der Waals surface area contributed by atoms with E-state index in [1.807, 2.05) is 11.8 Å². The third-order valence-electron chi connectivity index (χ3n) is 2.99. The van der Waals surface area contributed by atoms with Gasteiger partial charge in [0.2, 0.25) is 11.8 Å². The molecule has 5 nitrogen and oxygen atoms in total. The first-order chi connectivity index (χ1) is 8.13. The van der Waals surface area contributed by atoms with Gasteiger partial charge < -0.3 is 15.1 Å². The van der Waals surface area contributed by atoms with Crippen LogP contribution in [0.25, 0.3) is 0 Å². The number of hydrogen-bond acceptors (Lipinski definition) is 3. The molecule has 1 N–H and O–H groups in total.